The van der Waals surface area contributed by atoms with Crippen LogP contribution in [0.4, 0.5) is 0 Å². The second kappa shape index (κ2) is 6.08. The van der Waals surface area contributed by atoms with Crippen molar-refractivity contribution in [2.24, 2.45) is 46.8 Å². The first-order valence-corrected chi connectivity index (χ1v) is 11.0. The second-order valence-electron chi connectivity index (χ2n) is 10.9. The van der Waals surface area contributed by atoms with Crippen LogP contribution in [-0.4, -0.2) is 16.5 Å². The zero-order chi connectivity index (χ0) is 18.0. The minimum absolute atomic E-state index is 0.248. The molecule has 142 valence electrons. The molecular formula is C23H38O2. The molecule has 25 heavy (non-hydrogen) atoms. The third-order valence-electron chi connectivity index (χ3n) is 9.34. The van der Waals surface area contributed by atoms with Crippen LogP contribution in [0.2, 0.25) is 0 Å². The summed E-state index contributed by atoms with van der Waals surface area (Å²) in [6.45, 7) is 8.83. The predicted molar refractivity (Wildman–Crippen MR) is 101 cm³/mol. The smallest absolute Gasteiger partial charge is 0.133 e. The number of Topliss-reactive ketones (excluding diaryl/α,β-unsaturated/α-hetero) is 1. The van der Waals surface area contributed by atoms with E-state index < -0.39 is 5.60 Å². The molecule has 0 aromatic rings. The summed E-state index contributed by atoms with van der Waals surface area (Å²) in [4.78, 5) is 12.4. The van der Waals surface area contributed by atoms with Crippen LogP contribution in [-0.2, 0) is 4.79 Å². The molecule has 0 radical (unpaired) electrons. The van der Waals surface area contributed by atoms with Gasteiger partial charge in [-0.05, 0) is 113 Å². The van der Waals surface area contributed by atoms with Gasteiger partial charge in [0.15, 0.2) is 0 Å². The maximum atomic E-state index is 12.4. The third-order valence-corrected chi connectivity index (χ3v) is 9.34. The fourth-order valence-corrected chi connectivity index (χ4v) is 8.44. The Bertz CT molecular complexity index is 538. The van der Waals surface area contributed by atoms with Gasteiger partial charge in [0.25, 0.3) is 0 Å². The van der Waals surface area contributed by atoms with E-state index >= 15 is 0 Å². The molecule has 4 saturated carbocycles. The summed E-state index contributed by atoms with van der Waals surface area (Å²) < 4.78 is 0. The molecule has 0 spiro atoms. The summed E-state index contributed by atoms with van der Waals surface area (Å²) >= 11 is 0. The molecule has 4 aliphatic rings. The van der Waals surface area contributed by atoms with E-state index in [0.29, 0.717) is 11.7 Å². The lowest BCUT2D eigenvalue weighted by Gasteiger charge is -2.62. The Morgan fingerprint density at radius 3 is 2.36 bits per heavy atom. The van der Waals surface area contributed by atoms with Crippen LogP contribution in [0.15, 0.2) is 0 Å². The van der Waals surface area contributed by atoms with Crippen LogP contribution >= 0.6 is 0 Å². The normalized spacial score (nSPS) is 55.6. The molecule has 4 rings (SSSR count). The molecule has 0 saturated heterocycles. The molecule has 9 atom stereocenters. The fourth-order valence-electron chi connectivity index (χ4n) is 8.44. The minimum Gasteiger partial charge on any atom is -0.390 e. The average molecular weight is 347 g/mol. The average Bonchev–Trinajstić information content (AvgIpc) is 2.52. The van der Waals surface area contributed by atoms with Crippen LogP contribution in [0.5, 0.6) is 0 Å². The number of hydrogen-bond acceptors (Lipinski definition) is 2. The van der Waals surface area contributed by atoms with Crippen molar-refractivity contribution in [1.29, 1.82) is 0 Å². The van der Waals surface area contributed by atoms with E-state index in [2.05, 4.69) is 13.8 Å². The van der Waals surface area contributed by atoms with Crippen LogP contribution in [0.1, 0.15) is 85.5 Å². The van der Waals surface area contributed by atoms with Gasteiger partial charge < -0.3 is 5.11 Å². The van der Waals surface area contributed by atoms with Crippen LogP contribution in [0, 0.1) is 46.8 Å². The molecule has 0 bridgehead atoms. The van der Waals surface area contributed by atoms with E-state index in [1.165, 1.54) is 38.5 Å². The van der Waals surface area contributed by atoms with Crippen molar-refractivity contribution in [3.05, 3.63) is 0 Å². The number of aliphatic hydroxyl groups is 1. The van der Waals surface area contributed by atoms with Crippen molar-refractivity contribution < 1.29 is 9.90 Å². The lowest BCUT2D eigenvalue weighted by Crippen LogP contribution is -2.56. The molecule has 1 N–H and O–H groups in total. The zero-order valence-electron chi connectivity index (χ0n) is 16.8. The maximum absolute atomic E-state index is 12.4. The van der Waals surface area contributed by atoms with Crippen molar-refractivity contribution in [3.8, 4) is 0 Å². The summed E-state index contributed by atoms with van der Waals surface area (Å²) in [5.41, 5.74) is -0.174. The Hall–Kier alpha value is -0.370. The zero-order valence-corrected chi connectivity index (χ0v) is 16.8. The standard InChI is InChI=1S/C23H38O2/c1-14-5-8-20(15(2)24)23(4)12-10-18-17-9-11-22(3,25)13-16(17)6-7-19(18)21(14)23/h14,16-21,25H,5-13H2,1-4H3/t14-,16-,17+,18-,19-,20-,21+,22-,23-/m1/s1. The van der Waals surface area contributed by atoms with Gasteiger partial charge in [-0.1, -0.05) is 13.8 Å². The molecule has 0 aromatic heterocycles. The Balaban J connectivity index is 1.61. The van der Waals surface area contributed by atoms with Gasteiger partial charge in [0.05, 0.1) is 5.60 Å². The largest absolute Gasteiger partial charge is 0.390 e. The lowest BCUT2D eigenvalue weighted by atomic mass is 9.43. The molecular weight excluding hydrogens is 308 g/mol. The van der Waals surface area contributed by atoms with Crippen molar-refractivity contribution >= 4 is 5.78 Å². The number of fused-ring (bicyclic) bond motifs is 5. The van der Waals surface area contributed by atoms with Gasteiger partial charge in [-0.3, -0.25) is 4.79 Å². The molecule has 4 fully saturated rings. The first-order valence-electron chi connectivity index (χ1n) is 11.0. The number of hydrogen-bond donors (Lipinski definition) is 1. The van der Waals surface area contributed by atoms with Crippen molar-refractivity contribution in [2.75, 3.05) is 0 Å². The molecule has 2 nitrogen and oxygen atoms in total. The highest BCUT2D eigenvalue weighted by atomic mass is 16.3. The molecule has 0 heterocycles. The molecule has 0 unspecified atom stereocenters. The SMILES string of the molecule is CC(=O)[C@H]1CC[C@@H](C)[C@H]2[C@@H]3CC[C@@H]4C[C@](C)(O)CC[C@@H]4[C@H]3CC[C@@]21C. The highest BCUT2D eigenvalue weighted by Crippen LogP contribution is 2.64. The van der Waals surface area contributed by atoms with Crippen LogP contribution in [0.3, 0.4) is 0 Å². The summed E-state index contributed by atoms with van der Waals surface area (Å²) in [6, 6.07) is 0. The topological polar surface area (TPSA) is 37.3 Å². The van der Waals surface area contributed by atoms with E-state index in [0.717, 1.165) is 54.8 Å². The third kappa shape index (κ3) is 2.82. The molecule has 0 amide bonds. The summed E-state index contributed by atoms with van der Waals surface area (Å²) in [6.07, 6.45) is 10.9. The fraction of sp³-hybridized carbons (Fsp3) is 0.957. The van der Waals surface area contributed by atoms with Crippen LogP contribution in [0.25, 0.3) is 0 Å². The van der Waals surface area contributed by atoms with E-state index in [1.807, 2.05) is 13.8 Å². The van der Waals surface area contributed by atoms with Crippen LogP contribution < -0.4 is 0 Å². The quantitative estimate of drug-likeness (QED) is 0.706. The van der Waals surface area contributed by atoms with Gasteiger partial charge in [-0.25, -0.2) is 0 Å². The maximum Gasteiger partial charge on any atom is 0.133 e. The van der Waals surface area contributed by atoms with Crippen molar-refractivity contribution in [2.45, 2.75) is 91.1 Å². The van der Waals surface area contributed by atoms with E-state index in [1.54, 1.807) is 0 Å². The number of carbonyl (C=O) groups is 1. The highest BCUT2D eigenvalue weighted by molar-refractivity contribution is 5.79. The number of rotatable bonds is 1. The van der Waals surface area contributed by atoms with Gasteiger partial charge in [0.2, 0.25) is 0 Å². The van der Waals surface area contributed by atoms with Gasteiger partial charge >= 0.3 is 0 Å². The lowest BCUT2D eigenvalue weighted by molar-refractivity contribution is -0.155. The Labute approximate surface area is 154 Å². The van der Waals surface area contributed by atoms with Gasteiger partial charge in [0, 0.05) is 5.92 Å². The van der Waals surface area contributed by atoms with Gasteiger partial charge in [-0.15, -0.1) is 0 Å². The Morgan fingerprint density at radius 1 is 0.920 bits per heavy atom. The monoisotopic (exact) mass is 346 g/mol. The van der Waals surface area contributed by atoms with E-state index in [4.69, 9.17) is 0 Å². The first-order chi connectivity index (χ1) is 11.7. The number of carbonyl (C=O) groups excluding carboxylic acids is 1. The van der Waals surface area contributed by atoms with Crippen molar-refractivity contribution in [3.63, 3.8) is 0 Å². The van der Waals surface area contributed by atoms with Gasteiger partial charge in [0.1, 0.15) is 5.78 Å². The summed E-state index contributed by atoms with van der Waals surface area (Å²) in [7, 11) is 0. The Morgan fingerprint density at radius 2 is 1.64 bits per heavy atom. The Kier molecular flexibility index (Phi) is 4.38. The molecule has 0 aliphatic heterocycles. The van der Waals surface area contributed by atoms with E-state index in [-0.39, 0.29) is 5.41 Å². The number of ketones is 1. The summed E-state index contributed by atoms with van der Waals surface area (Å²) in [5, 5.41) is 10.5. The molecule has 0 aromatic carbocycles. The first kappa shape index (κ1) is 18.0. The minimum atomic E-state index is -0.422. The molecule has 4 aliphatic carbocycles. The predicted octanol–water partition coefficient (Wildman–Crippen LogP) is 5.23. The highest BCUT2D eigenvalue weighted by Gasteiger charge is 2.58. The summed E-state index contributed by atoms with van der Waals surface area (Å²) in [5.74, 6) is 5.56. The van der Waals surface area contributed by atoms with E-state index in [9.17, 15) is 9.90 Å². The second-order valence-corrected chi connectivity index (χ2v) is 10.9. The van der Waals surface area contributed by atoms with Crippen molar-refractivity contribution in [1.82, 2.24) is 0 Å². The molecule has 2 heteroatoms. The van der Waals surface area contributed by atoms with Gasteiger partial charge in [-0.2, -0.15) is 0 Å².